The molecule has 0 aromatic carbocycles. The average Bonchev–Trinajstić information content (AvgIpc) is 2.78. The molecule has 2 saturated heterocycles. The maximum atomic E-state index is 14.1. The van der Waals surface area contributed by atoms with Gasteiger partial charge in [0.2, 0.25) is 0 Å². The first kappa shape index (κ1) is 29.1. The molecule has 4 rings (SSSR count). The molecule has 0 aliphatic carbocycles. The Bertz CT molecular complexity index is 1200. The Morgan fingerprint density at radius 2 is 1.74 bits per heavy atom. The molecule has 0 radical (unpaired) electrons. The van der Waals surface area contributed by atoms with Crippen molar-refractivity contribution in [1.82, 2.24) is 15.3 Å². The fourth-order valence-electron chi connectivity index (χ4n) is 4.81. The second-order valence-electron chi connectivity index (χ2n) is 9.83. The van der Waals surface area contributed by atoms with Crippen LogP contribution in [0.2, 0.25) is 0 Å². The van der Waals surface area contributed by atoms with Crippen molar-refractivity contribution in [1.29, 1.82) is 0 Å². The predicted octanol–water partition coefficient (Wildman–Crippen LogP) is 4.09. The molecule has 16 heteroatoms. The van der Waals surface area contributed by atoms with Gasteiger partial charge in [0.25, 0.3) is 6.43 Å². The maximum absolute atomic E-state index is 14.1. The number of piperidine rings is 1. The molecule has 2 aliphatic rings. The van der Waals surface area contributed by atoms with E-state index in [2.05, 4.69) is 15.3 Å². The molecule has 39 heavy (non-hydrogen) atoms. The van der Waals surface area contributed by atoms with E-state index in [1.165, 1.54) is 0 Å². The van der Waals surface area contributed by atoms with Gasteiger partial charge in [0.15, 0.2) is 11.4 Å². The van der Waals surface area contributed by atoms with E-state index in [1.54, 1.807) is 6.92 Å². The van der Waals surface area contributed by atoms with E-state index >= 15 is 0 Å². The highest BCUT2D eigenvalue weighted by Gasteiger charge is 2.62. The van der Waals surface area contributed by atoms with Crippen LogP contribution in [0, 0.1) is 5.82 Å². The normalized spacial score (nSPS) is 25.5. The molecular formula is C23H23F9N4O3. The number of anilines is 1. The van der Waals surface area contributed by atoms with Gasteiger partial charge in [-0.2, -0.15) is 26.3 Å². The van der Waals surface area contributed by atoms with Crippen molar-refractivity contribution in [3.63, 3.8) is 0 Å². The minimum atomic E-state index is -5.02. The molecule has 3 atom stereocenters. The van der Waals surface area contributed by atoms with E-state index in [0.717, 1.165) is 18.5 Å². The van der Waals surface area contributed by atoms with Crippen molar-refractivity contribution in [3.05, 3.63) is 47.2 Å². The van der Waals surface area contributed by atoms with Crippen LogP contribution in [0.1, 0.15) is 43.0 Å². The van der Waals surface area contributed by atoms with E-state index in [0.29, 0.717) is 11.0 Å². The maximum Gasteiger partial charge on any atom is 0.420 e. The van der Waals surface area contributed by atoms with Gasteiger partial charge in [0.1, 0.15) is 29.4 Å². The molecule has 0 amide bonds. The van der Waals surface area contributed by atoms with E-state index in [4.69, 9.17) is 4.74 Å². The second-order valence-corrected chi connectivity index (χ2v) is 9.83. The Labute approximate surface area is 215 Å². The van der Waals surface area contributed by atoms with Crippen LogP contribution in [0.5, 0.6) is 5.75 Å². The molecule has 0 spiro atoms. The van der Waals surface area contributed by atoms with E-state index in [9.17, 15) is 49.7 Å². The molecule has 0 bridgehead atoms. The van der Waals surface area contributed by atoms with Crippen LogP contribution in [0.3, 0.4) is 0 Å². The third kappa shape index (κ3) is 5.87. The standard InChI is InChI=1S/C23H23F9N4O3/c1-11-4-20(37,12-2-16(24)17(18(25)26)33-6-12)5-13(35-11)8-39-14-3-15(22(27,28)29)19(34-7-14)36-9-21(38,10-36)23(30,31)32/h2-3,6-7,11,13,18,35,37-38H,4-5,8-10H2,1H3/t11-,13-,20-/m0/s1. The lowest BCUT2D eigenvalue weighted by molar-refractivity contribution is -0.267. The monoisotopic (exact) mass is 574 g/mol. The van der Waals surface area contributed by atoms with Gasteiger partial charge < -0.3 is 25.2 Å². The van der Waals surface area contributed by atoms with Crippen LogP contribution in [-0.4, -0.2) is 63.7 Å². The Balaban J connectivity index is 1.48. The van der Waals surface area contributed by atoms with Crippen molar-refractivity contribution in [2.75, 3.05) is 24.6 Å². The number of nitrogens with one attached hydrogen (secondary N) is 1. The second kappa shape index (κ2) is 9.96. The number of aliphatic hydroxyl groups is 2. The van der Waals surface area contributed by atoms with Crippen molar-refractivity contribution in [2.45, 2.75) is 61.8 Å². The summed E-state index contributed by atoms with van der Waals surface area (Å²) in [4.78, 5) is 7.67. The fourth-order valence-corrected chi connectivity index (χ4v) is 4.81. The van der Waals surface area contributed by atoms with Crippen LogP contribution in [0.25, 0.3) is 0 Å². The van der Waals surface area contributed by atoms with E-state index < -0.39 is 78.0 Å². The van der Waals surface area contributed by atoms with Gasteiger partial charge in [-0.15, -0.1) is 0 Å². The van der Waals surface area contributed by atoms with Crippen LogP contribution in [0.4, 0.5) is 45.3 Å². The zero-order valence-corrected chi connectivity index (χ0v) is 20.1. The summed E-state index contributed by atoms with van der Waals surface area (Å²) in [6, 6.07) is 0.231. The molecular weight excluding hydrogens is 551 g/mol. The topological polar surface area (TPSA) is 90.7 Å². The summed E-state index contributed by atoms with van der Waals surface area (Å²) in [6.07, 6.45) is -11.4. The largest absolute Gasteiger partial charge is 0.490 e. The molecule has 216 valence electrons. The quantitative estimate of drug-likeness (QED) is 0.448. The Morgan fingerprint density at radius 3 is 2.31 bits per heavy atom. The number of ether oxygens (including phenoxy) is 1. The number of alkyl halides is 8. The Hall–Kier alpha value is -2.85. The summed E-state index contributed by atoms with van der Waals surface area (Å²) in [5.41, 5.74) is -7.35. The molecule has 2 aromatic rings. The highest BCUT2D eigenvalue weighted by molar-refractivity contribution is 5.54. The van der Waals surface area contributed by atoms with Crippen molar-refractivity contribution < 1.29 is 54.5 Å². The Morgan fingerprint density at radius 1 is 1.08 bits per heavy atom. The van der Waals surface area contributed by atoms with Gasteiger partial charge in [-0.3, -0.25) is 4.98 Å². The van der Waals surface area contributed by atoms with Gasteiger partial charge in [0, 0.05) is 23.8 Å². The minimum Gasteiger partial charge on any atom is -0.490 e. The van der Waals surface area contributed by atoms with Gasteiger partial charge >= 0.3 is 12.4 Å². The lowest BCUT2D eigenvalue weighted by Gasteiger charge is -2.48. The first-order chi connectivity index (χ1) is 17.9. The van der Waals surface area contributed by atoms with Crippen LogP contribution < -0.4 is 15.0 Å². The summed E-state index contributed by atoms with van der Waals surface area (Å²) in [5, 5.41) is 23.8. The van der Waals surface area contributed by atoms with Gasteiger partial charge in [-0.25, -0.2) is 18.2 Å². The zero-order chi connectivity index (χ0) is 29.0. The minimum absolute atomic E-state index is 0.0488. The third-order valence-corrected chi connectivity index (χ3v) is 6.69. The highest BCUT2D eigenvalue weighted by Crippen LogP contribution is 2.44. The number of nitrogens with zero attached hydrogens (tertiary/aromatic N) is 3. The fraction of sp³-hybridized carbons (Fsp3) is 0.565. The van der Waals surface area contributed by atoms with Gasteiger partial charge in [-0.1, -0.05) is 0 Å². The summed E-state index contributed by atoms with van der Waals surface area (Å²) in [7, 11) is 0. The lowest BCUT2D eigenvalue weighted by Crippen LogP contribution is -2.69. The number of β-amino-alcohol motifs (C(OH)–C–C–N with tert-alkyl or cyclic N) is 1. The van der Waals surface area contributed by atoms with E-state index in [-0.39, 0.29) is 30.8 Å². The summed E-state index contributed by atoms with van der Waals surface area (Å²) >= 11 is 0. The molecule has 2 fully saturated rings. The number of halogens is 9. The summed E-state index contributed by atoms with van der Waals surface area (Å²) < 4.78 is 125. The molecule has 3 N–H and O–H groups in total. The first-order valence-corrected chi connectivity index (χ1v) is 11.6. The lowest BCUT2D eigenvalue weighted by atomic mass is 9.79. The molecule has 0 unspecified atom stereocenters. The molecule has 2 aliphatic heterocycles. The number of aromatic nitrogens is 2. The number of rotatable bonds is 6. The smallest absolute Gasteiger partial charge is 0.420 e. The predicted molar refractivity (Wildman–Crippen MR) is 117 cm³/mol. The average molecular weight is 574 g/mol. The molecule has 2 aromatic heterocycles. The highest BCUT2D eigenvalue weighted by atomic mass is 19.4. The molecule has 0 saturated carbocycles. The number of hydrogen-bond acceptors (Lipinski definition) is 7. The number of hydrogen-bond donors (Lipinski definition) is 3. The zero-order valence-electron chi connectivity index (χ0n) is 20.1. The first-order valence-electron chi connectivity index (χ1n) is 11.6. The van der Waals surface area contributed by atoms with E-state index in [1.807, 2.05) is 0 Å². The Kier molecular flexibility index (Phi) is 7.44. The third-order valence-electron chi connectivity index (χ3n) is 6.69. The summed E-state index contributed by atoms with van der Waals surface area (Å²) in [5.74, 6) is -2.46. The number of pyridine rings is 2. The molecule has 7 nitrogen and oxygen atoms in total. The molecule has 4 heterocycles. The van der Waals surface area contributed by atoms with Crippen LogP contribution in [0.15, 0.2) is 24.5 Å². The van der Waals surface area contributed by atoms with Crippen molar-refractivity contribution >= 4 is 5.82 Å². The van der Waals surface area contributed by atoms with Crippen molar-refractivity contribution in [2.24, 2.45) is 0 Å². The van der Waals surface area contributed by atoms with Gasteiger partial charge in [-0.05, 0) is 31.9 Å². The van der Waals surface area contributed by atoms with Gasteiger partial charge in [0.05, 0.1) is 24.9 Å². The van der Waals surface area contributed by atoms with Crippen LogP contribution in [-0.2, 0) is 11.8 Å². The van der Waals surface area contributed by atoms with Crippen molar-refractivity contribution in [3.8, 4) is 5.75 Å². The van der Waals surface area contributed by atoms with Crippen LogP contribution >= 0.6 is 0 Å². The summed E-state index contributed by atoms with van der Waals surface area (Å²) in [6.45, 7) is -0.874. The SMILES string of the molecule is C[C@H]1C[C@@](O)(c2cnc(C(F)F)c(F)c2)C[C@@H](COc2cnc(N3CC(O)(C(F)(F)F)C3)c(C(F)(F)F)c2)N1.